The van der Waals surface area contributed by atoms with Crippen LogP contribution in [-0.2, 0) is 14.3 Å². The Bertz CT molecular complexity index is 880. The number of nitrogens with zero attached hydrogens (tertiary/aromatic N) is 1. The lowest BCUT2D eigenvalue weighted by Crippen LogP contribution is -2.20. The molecule has 0 aliphatic carbocycles. The Hall–Kier alpha value is -3.39. The molecule has 0 atom stereocenters. The summed E-state index contributed by atoms with van der Waals surface area (Å²) in [5.74, 6) is -0.790. The number of hydrogen-bond donors (Lipinski definition) is 1. The van der Waals surface area contributed by atoms with E-state index in [2.05, 4.69) is 5.32 Å². The topological polar surface area (TPSA) is 108 Å². The molecule has 9 heteroatoms. The van der Waals surface area contributed by atoms with E-state index < -0.39 is 23.4 Å². The van der Waals surface area contributed by atoms with Crippen molar-refractivity contribution in [1.29, 1.82) is 0 Å². The molecule has 1 N–H and O–H groups in total. The number of rotatable bonds is 7. The van der Waals surface area contributed by atoms with Gasteiger partial charge in [0.2, 0.25) is 0 Å². The van der Waals surface area contributed by atoms with E-state index in [-0.39, 0.29) is 5.69 Å². The second-order valence-electron chi connectivity index (χ2n) is 5.19. The molecule has 0 aliphatic rings. The normalized spacial score (nSPS) is 10.4. The lowest BCUT2D eigenvalue weighted by Gasteiger charge is -2.08. The standard InChI is InChI=1S/C18H15ClN2O6/c1-26-16-8-5-13(10-15(16)19)20-17(22)11-27-18(23)9-4-12-2-6-14(7-3-12)21(24)25/h2-10H,11H2,1H3,(H,20,22)/b9-4+. The van der Waals surface area contributed by atoms with Crippen molar-refractivity contribution in [3.63, 3.8) is 0 Å². The molecule has 0 unspecified atom stereocenters. The van der Waals surface area contributed by atoms with E-state index in [1.165, 1.54) is 43.5 Å². The van der Waals surface area contributed by atoms with Crippen molar-refractivity contribution >= 4 is 40.9 Å². The number of carbonyl (C=O) groups excluding carboxylic acids is 2. The third kappa shape index (κ3) is 6.12. The van der Waals surface area contributed by atoms with Crippen molar-refractivity contribution in [2.45, 2.75) is 0 Å². The number of nitrogens with one attached hydrogen (secondary N) is 1. The summed E-state index contributed by atoms with van der Waals surface area (Å²) in [5, 5.41) is 13.4. The number of amides is 1. The van der Waals surface area contributed by atoms with Gasteiger partial charge in [-0.05, 0) is 42.0 Å². The highest BCUT2D eigenvalue weighted by Crippen LogP contribution is 2.27. The Morgan fingerprint density at radius 2 is 1.93 bits per heavy atom. The Labute approximate surface area is 159 Å². The average molecular weight is 391 g/mol. The third-order valence-electron chi connectivity index (χ3n) is 3.30. The van der Waals surface area contributed by atoms with E-state index in [0.29, 0.717) is 22.0 Å². The van der Waals surface area contributed by atoms with Crippen LogP contribution in [0.4, 0.5) is 11.4 Å². The molecule has 0 aromatic heterocycles. The molecule has 0 heterocycles. The minimum atomic E-state index is -0.726. The van der Waals surface area contributed by atoms with Crippen LogP contribution in [0.15, 0.2) is 48.5 Å². The van der Waals surface area contributed by atoms with Gasteiger partial charge in [0.05, 0.1) is 17.1 Å². The fourth-order valence-electron chi connectivity index (χ4n) is 2.00. The van der Waals surface area contributed by atoms with Crippen molar-refractivity contribution in [2.75, 3.05) is 19.0 Å². The lowest BCUT2D eigenvalue weighted by atomic mass is 10.2. The largest absolute Gasteiger partial charge is 0.495 e. The number of carbonyl (C=O) groups is 2. The van der Waals surface area contributed by atoms with Crippen LogP contribution < -0.4 is 10.1 Å². The first-order valence-electron chi connectivity index (χ1n) is 7.61. The van der Waals surface area contributed by atoms with Crippen molar-refractivity contribution in [2.24, 2.45) is 0 Å². The lowest BCUT2D eigenvalue weighted by molar-refractivity contribution is -0.384. The number of hydrogen-bond acceptors (Lipinski definition) is 6. The van der Waals surface area contributed by atoms with Crippen LogP contribution in [0.1, 0.15) is 5.56 Å². The summed E-state index contributed by atoms with van der Waals surface area (Å²) in [5.41, 5.74) is 0.961. The number of halogens is 1. The van der Waals surface area contributed by atoms with E-state index in [4.69, 9.17) is 21.1 Å². The number of esters is 1. The number of non-ortho nitro benzene ring substituents is 1. The summed E-state index contributed by atoms with van der Waals surface area (Å²) in [6, 6.07) is 10.3. The minimum absolute atomic E-state index is 0.0509. The molecule has 27 heavy (non-hydrogen) atoms. The number of anilines is 1. The summed E-state index contributed by atoms with van der Waals surface area (Å²) < 4.78 is 9.84. The molecule has 0 radical (unpaired) electrons. The molecular formula is C18H15ClN2O6. The maximum Gasteiger partial charge on any atom is 0.331 e. The maximum atomic E-state index is 11.8. The van der Waals surface area contributed by atoms with Crippen LogP contribution in [0.2, 0.25) is 5.02 Å². The second-order valence-corrected chi connectivity index (χ2v) is 5.59. The van der Waals surface area contributed by atoms with Gasteiger partial charge in [-0.2, -0.15) is 0 Å². The van der Waals surface area contributed by atoms with Gasteiger partial charge in [0.25, 0.3) is 11.6 Å². The van der Waals surface area contributed by atoms with Gasteiger partial charge < -0.3 is 14.8 Å². The Kier molecular flexibility index (Phi) is 6.90. The molecule has 0 bridgehead atoms. The molecule has 8 nitrogen and oxygen atoms in total. The average Bonchev–Trinajstić information content (AvgIpc) is 2.65. The molecule has 1 amide bonds. The fraction of sp³-hybridized carbons (Fsp3) is 0.111. The van der Waals surface area contributed by atoms with Crippen LogP contribution >= 0.6 is 11.6 Å². The van der Waals surface area contributed by atoms with Gasteiger partial charge in [0.15, 0.2) is 6.61 Å². The van der Waals surface area contributed by atoms with Crippen molar-refractivity contribution in [3.05, 3.63) is 69.2 Å². The molecule has 0 fully saturated rings. The van der Waals surface area contributed by atoms with Crippen molar-refractivity contribution in [1.82, 2.24) is 0 Å². The number of benzene rings is 2. The van der Waals surface area contributed by atoms with E-state index in [9.17, 15) is 19.7 Å². The molecule has 0 spiro atoms. The Balaban J connectivity index is 1.83. The van der Waals surface area contributed by atoms with Crippen molar-refractivity contribution in [3.8, 4) is 5.75 Å². The van der Waals surface area contributed by atoms with Gasteiger partial charge in [-0.15, -0.1) is 0 Å². The summed E-state index contributed by atoms with van der Waals surface area (Å²) in [7, 11) is 1.48. The van der Waals surface area contributed by atoms with E-state index >= 15 is 0 Å². The molecule has 140 valence electrons. The minimum Gasteiger partial charge on any atom is -0.495 e. The SMILES string of the molecule is COc1ccc(NC(=O)COC(=O)/C=C/c2ccc([N+](=O)[O-])cc2)cc1Cl. The van der Waals surface area contributed by atoms with E-state index in [1.807, 2.05) is 0 Å². The van der Waals surface area contributed by atoms with Crippen LogP contribution in [0.3, 0.4) is 0 Å². The number of methoxy groups -OCH3 is 1. The first-order chi connectivity index (χ1) is 12.9. The van der Waals surface area contributed by atoms with Gasteiger partial charge in [-0.1, -0.05) is 11.6 Å². The highest BCUT2D eigenvalue weighted by Gasteiger charge is 2.08. The molecule has 2 aromatic rings. The number of ether oxygens (including phenoxy) is 2. The molecule has 2 aromatic carbocycles. The zero-order valence-corrected chi connectivity index (χ0v) is 14.9. The molecular weight excluding hydrogens is 376 g/mol. The van der Waals surface area contributed by atoms with Crippen LogP contribution in [0.5, 0.6) is 5.75 Å². The molecule has 0 saturated heterocycles. The summed E-state index contributed by atoms with van der Waals surface area (Å²) in [4.78, 5) is 33.5. The van der Waals surface area contributed by atoms with E-state index in [0.717, 1.165) is 6.08 Å². The summed E-state index contributed by atoms with van der Waals surface area (Å²) in [6.07, 6.45) is 2.55. The molecule has 0 aliphatic heterocycles. The highest BCUT2D eigenvalue weighted by atomic mass is 35.5. The monoisotopic (exact) mass is 390 g/mol. The smallest absolute Gasteiger partial charge is 0.331 e. The van der Waals surface area contributed by atoms with Gasteiger partial charge in [0.1, 0.15) is 5.75 Å². The first-order valence-corrected chi connectivity index (χ1v) is 7.99. The fourth-order valence-corrected chi connectivity index (χ4v) is 2.26. The molecule has 2 rings (SSSR count). The molecule has 0 saturated carbocycles. The predicted molar refractivity (Wildman–Crippen MR) is 99.7 cm³/mol. The van der Waals surface area contributed by atoms with Gasteiger partial charge in [0, 0.05) is 23.9 Å². The highest BCUT2D eigenvalue weighted by molar-refractivity contribution is 6.32. The first kappa shape index (κ1) is 19.9. The summed E-state index contributed by atoms with van der Waals surface area (Å²) >= 11 is 5.96. The van der Waals surface area contributed by atoms with Crippen LogP contribution in [0.25, 0.3) is 6.08 Å². The number of nitro benzene ring substituents is 1. The number of nitro groups is 1. The van der Waals surface area contributed by atoms with Crippen LogP contribution in [-0.4, -0.2) is 30.5 Å². The second kappa shape index (κ2) is 9.35. The maximum absolute atomic E-state index is 11.8. The van der Waals surface area contributed by atoms with Gasteiger partial charge in [-0.3, -0.25) is 14.9 Å². The van der Waals surface area contributed by atoms with Gasteiger partial charge >= 0.3 is 5.97 Å². The zero-order chi connectivity index (χ0) is 19.8. The summed E-state index contributed by atoms with van der Waals surface area (Å²) in [6.45, 7) is -0.479. The predicted octanol–water partition coefficient (Wildman–Crippen LogP) is 3.45. The third-order valence-corrected chi connectivity index (χ3v) is 3.59. The quantitative estimate of drug-likeness (QED) is 0.336. The Morgan fingerprint density at radius 3 is 2.52 bits per heavy atom. The zero-order valence-electron chi connectivity index (χ0n) is 14.2. The Morgan fingerprint density at radius 1 is 1.22 bits per heavy atom. The van der Waals surface area contributed by atoms with Crippen LogP contribution in [0, 0.1) is 10.1 Å². The van der Waals surface area contributed by atoms with E-state index in [1.54, 1.807) is 12.1 Å². The van der Waals surface area contributed by atoms with Gasteiger partial charge in [-0.25, -0.2) is 4.79 Å². The van der Waals surface area contributed by atoms with Crippen molar-refractivity contribution < 1.29 is 24.0 Å².